The van der Waals surface area contributed by atoms with Crippen LogP contribution in [0.3, 0.4) is 0 Å². The van der Waals surface area contributed by atoms with Gasteiger partial charge in [-0.3, -0.25) is 28.8 Å². The Labute approximate surface area is 229 Å². The van der Waals surface area contributed by atoms with Crippen molar-refractivity contribution in [2.75, 3.05) is 13.7 Å². The monoisotopic (exact) mass is 605 g/mol. The molecule has 1 heterocycles. The summed E-state index contributed by atoms with van der Waals surface area (Å²) in [6.45, 7) is 2.87. The van der Waals surface area contributed by atoms with Crippen molar-refractivity contribution in [3.63, 3.8) is 0 Å². The maximum absolute atomic E-state index is 16.0. The Morgan fingerprint density at radius 1 is 0.878 bits per heavy atom. The molecule has 1 aliphatic heterocycles. The van der Waals surface area contributed by atoms with Gasteiger partial charge in [0.1, 0.15) is 12.7 Å². The molecule has 15 nitrogen and oxygen atoms in total. The van der Waals surface area contributed by atoms with Gasteiger partial charge in [-0.25, -0.2) is 9.18 Å². The molecule has 0 spiro atoms. The molecule has 7 atom stereocenters. The van der Waals surface area contributed by atoms with Gasteiger partial charge in [-0.2, -0.15) is 13.2 Å². The van der Waals surface area contributed by atoms with Crippen molar-refractivity contribution in [3.8, 4) is 0 Å². The third kappa shape index (κ3) is 9.25. The summed E-state index contributed by atoms with van der Waals surface area (Å²) in [7, 11) is 0.670. The van der Waals surface area contributed by atoms with Crippen molar-refractivity contribution in [1.82, 2.24) is 5.32 Å². The van der Waals surface area contributed by atoms with Gasteiger partial charge < -0.3 is 38.5 Å². The number of rotatable bonds is 10. The van der Waals surface area contributed by atoms with Gasteiger partial charge in [0.25, 0.3) is 0 Å². The number of alkyl halides is 4. The topological polar surface area (TPSA) is 196 Å². The molecule has 1 N–H and O–H groups in total. The van der Waals surface area contributed by atoms with Gasteiger partial charge in [0.05, 0.1) is 13.2 Å². The van der Waals surface area contributed by atoms with E-state index in [0.29, 0.717) is 21.0 Å². The molecule has 232 valence electrons. The van der Waals surface area contributed by atoms with Gasteiger partial charge in [-0.1, -0.05) is 0 Å². The van der Waals surface area contributed by atoms with E-state index in [1.54, 1.807) is 0 Å². The highest BCUT2D eigenvalue weighted by atomic mass is 19.4. The Kier molecular flexibility index (Phi) is 12.0. The molecule has 1 amide bonds. The normalized spacial score (nSPS) is 25.4. The lowest BCUT2D eigenvalue weighted by Gasteiger charge is -2.49. The number of hydrogen-bond donors (Lipinski definition) is 1. The number of methoxy groups -OCH3 is 1. The van der Waals surface area contributed by atoms with Crippen LogP contribution in [0.5, 0.6) is 0 Å². The van der Waals surface area contributed by atoms with Crippen molar-refractivity contribution in [2.45, 2.75) is 83.2 Å². The molecule has 0 radical (unpaired) electrons. The lowest BCUT2D eigenvalue weighted by molar-refractivity contribution is -0.327. The van der Waals surface area contributed by atoms with Crippen LogP contribution in [-0.2, 0) is 66.7 Å². The minimum absolute atomic E-state index is 0.667. The van der Waals surface area contributed by atoms with E-state index in [0.717, 1.165) is 20.8 Å². The summed E-state index contributed by atoms with van der Waals surface area (Å²) in [5.41, 5.74) is 0. The van der Waals surface area contributed by atoms with Crippen LogP contribution in [0.2, 0.25) is 0 Å². The van der Waals surface area contributed by atoms with Crippen molar-refractivity contribution in [2.24, 2.45) is 0 Å². The number of ether oxygens (including phenoxy) is 7. The average molecular weight is 605 g/mol. The molecule has 19 heteroatoms. The van der Waals surface area contributed by atoms with Crippen LogP contribution in [-0.4, -0.2) is 104 Å². The Morgan fingerprint density at radius 2 is 1.44 bits per heavy atom. The highest BCUT2D eigenvalue weighted by molar-refractivity contribution is 5.84. The Balaban J connectivity index is 4.05. The van der Waals surface area contributed by atoms with E-state index in [-0.39, 0.29) is 0 Å². The summed E-state index contributed by atoms with van der Waals surface area (Å²) in [5.74, 6) is -14.3. The van der Waals surface area contributed by atoms with E-state index in [2.05, 4.69) is 4.74 Å². The van der Waals surface area contributed by atoms with Crippen LogP contribution < -0.4 is 5.32 Å². The van der Waals surface area contributed by atoms with Gasteiger partial charge in [-0.15, -0.1) is 0 Å². The largest absolute Gasteiger partial charge is 0.471 e. The van der Waals surface area contributed by atoms with Crippen molar-refractivity contribution >= 4 is 41.7 Å². The number of amides is 1. The van der Waals surface area contributed by atoms with E-state index < -0.39 is 96.9 Å². The van der Waals surface area contributed by atoms with Crippen LogP contribution in [0, 0.1) is 0 Å². The first kappa shape index (κ1) is 35.0. The Hall–Kier alpha value is -4.03. The molecule has 0 aromatic rings. The summed E-state index contributed by atoms with van der Waals surface area (Å²) >= 11 is 0. The van der Waals surface area contributed by atoms with Crippen LogP contribution in [0.4, 0.5) is 17.6 Å². The van der Waals surface area contributed by atoms with E-state index in [1.807, 2.05) is 0 Å². The zero-order valence-electron chi connectivity index (χ0n) is 22.4. The zero-order valence-corrected chi connectivity index (χ0v) is 22.4. The molecule has 0 saturated carbocycles. The van der Waals surface area contributed by atoms with E-state index >= 15 is 4.39 Å². The fraction of sp³-hybridized carbons (Fsp3) is 0.682. The van der Waals surface area contributed by atoms with Crippen molar-refractivity contribution in [1.29, 1.82) is 0 Å². The highest BCUT2D eigenvalue weighted by Crippen LogP contribution is 2.39. The summed E-state index contributed by atoms with van der Waals surface area (Å²) in [4.78, 5) is 83.8. The minimum Gasteiger partial charge on any atom is -0.464 e. The fourth-order valence-electron chi connectivity index (χ4n) is 3.71. The first-order valence-corrected chi connectivity index (χ1v) is 11.4. The predicted octanol–water partition coefficient (Wildman–Crippen LogP) is -0.439. The number of esters is 6. The standard InChI is InChI=1S/C22H27F4NO14/c1-8(28)36-7-13(37-9(2)29)15(38-10(3)30)16-14(27-19(33)22(24,25)26)17(39-11(4)31)18(23)21(41-16,20(34)35-6)40-12(5)32/h13-18H,7H2,1-6H3,(H,27,33)/t13?,14-,15+,16-,17-,18+,21-/m0/s1. The fourth-order valence-corrected chi connectivity index (χ4v) is 3.71. The number of carbonyl (C=O) groups excluding carboxylic acids is 7. The smallest absolute Gasteiger partial charge is 0.464 e. The Morgan fingerprint density at radius 3 is 1.85 bits per heavy atom. The lowest BCUT2D eigenvalue weighted by Crippen LogP contribution is -2.75. The second-order valence-corrected chi connectivity index (χ2v) is 8.33. The molecular weight excluding hydrogens is 578 g/mol. The molecule has 1 saturated heterocycles. The molecule has 0 aromatic carbocycles. The number of nitrogens with one attached hydrogen (secondary N) is 1. The Bertz CT molecular complexity index is 1050. The third-order valence-corrected chi connectivity index (χ3v) is 5.05. The maximum atomic E-state index is 16.0. The summed E-state index contributed by atoms with van der Waals surface area (Å²) < 4.78 is 90.0. The zero-order chi connectivity index (χ0) is 31.9. The number of halogens is 4. The quantitative estimate of drug-likeness (QED) is 0.191. The van der Waals surface area contributed by atoms with Gasteiger partial charge in [-0.05, 0) is 0 Å². The van der Waals surface area contributed by atoms with Gasteiger partial charge in [0.15, 0.2) is 18.3 Å². The lowest BCUT2D eigenvalue weighted by atomic mass is 9.86. The molecule has 1 aliphatic rings. The highest BCUT2D eigenvalue weighted by Gasteiger charge is 2.68. The maximum Gasteiger partial charge on any atom is 0.471 e. The third-order valence-electron chi connectivity index (χ3n) is 5.05. The van der Waals surface area contributed by atoms with Crippen LogP contribution in [0.1, 0.15) is 34.6 Å². The first-order valence-electron chi connectivity index (χ1n) is 11.4. The summed E-state index contributed by atoms with van der Waals surface area (Å²) in [5, 5.41) is 1.33. The van der Waals surface area contributed by atoms with Crippen LogP contribution >= 0.6 is 0 Å². The predicted molar refractivity (Wildman–Crippen MR) is 118 cm³/mol. The molecule has 1 unspecified atom stereocenters. The molecule has 1 fully saturated rings. The summed E-state index contributed by atoms with van der Waals surface area (Å²) in [6.07, 6.45) is -18.2. The van der Waals surface area contributed by atoms with E-state index in [9.17, 15) is 46.7 Å². The second kappa shape index (κ2) is 14.0. The minimum atomic E-state index is -5.63. The van der Waals surface area contributed by atoms with E-state index in [1.165, 1.54) is 5.32 Å². The van der Waals surface area contributed by atoms with Crippen molar-refractivity contribution in [3.05, 3.63) is 0 Å². The molecule has 0 bridgehead atoms. The first-order chi connectivity index (χ1) is 18.8. The van der Waals surface area contributed by atoms with Crippen LogP contribution in [0.15, 0.2) is 0 Å². The molecule has 41 heavy (non-hydrogen) atoms. The molecular formula is C22H27F4NO14. The SMILES string of the molecule is COC(=O)[C@@]1(OC(C)=O)O[C@H]([C@H](OC(C)=O)C(COC(C)=O)OC(C)=O)[C@H](NC(=O)C(F)(F)F)[C@H](OC(C)=O)[C@H]1F. The average Bonchev–Trinajstić information content (AvgIpc) is 2.82. The summed E-state index contributed by atoms with van der Waals surface area (Å²) in [6, 6.07) is -2.50. The molecule has 1 rings (SSSR count). The molecule has 0 aliphatic carbocycles. The van der Waals surface area contributed by atoms with E-state index in [4.69, 9.17) is 28.4 Å². The molecule has 0 aromatic heterocycles. The number of hydrogen-bond acceptors (Lipinski definition) is 14. The second-order valence-electron chi connectivity index (χ2n) is 8.33. The number of carbonyl (C=O) groups is 7. The van der Waals surface area contributed by atoms with Gasteiger partial charge >= 0.3 is 53.7 Å². The van der Waals surface area contributed by atoms with Gasteiger partial charge in [0.2, 0.25) is 6.17 Å². The van der Waals surface area contributed by atoms with Crippen molar-refractivity contribution < 1.29 is 84.3 Å². The van der Waals surface area contributed by atoms with Gasteiger partial charge in [0, 0.05) is 34.6 Å². The van der Waals surface area contributed by atoms with Crippen LogP contribution in [0.25, 0.3) is 0 Å².